The predicted octanol–water partition coefficient (Wildman–Crippen LogP) is 5.58. The fourth-order valence-corrected chi connectivity index (χ4v) is 3.11. The zero-order valence-electron chi connectivity index (χ0n) is 9.95. The third-order valence-electron chi connectivity index (χ3n) is 2.82. The third-order valence-corrected chi connectivity index (χ3v) is 4.65. The highest BCUT2D eigenvalue weighted by molar-refractivity contribution is 7.16. The first-order valence-corrected chi connectivity index (χ1v) is 7.61. The summed E-state index contributed by atoms with van der Waals surface area (Å²) < 4.78 is 1.04. The maximum Gasteiger partial charge on any atom is 0.106 e. The summed E-state index contributed by atoms with van der Waals surface area (Å²) in [6.07, 6.45) is 0. The molecule has 7 heteroatoms. The lowest BCUT2D eigenvalue weighted by Gasteiger charge is -2.12. The van der Waals surface area contributed by atoms with Gasteiger partial charge >= 0.3 is 0 Å². The van der Waals surface area contributed by atoms with Gasteiger partial charge in [-0.05, 0) is 24.3 Å². The Morgan fingerprint density at radius 1 is 1.00 bits per heavy atom. The van der Waals surface area contributed by atoms with E-state index in [1.807, 2.05) is 12.1 Å². The van der Waals surface area contributed by atoms with Gasteiger partial charge in [0.2, 0.25) is 0 Å². The molecule has 0 unspecified atom stereocenters. The summed E-state index contributed by atoms with van der Waals surface area (Å²) in [6.45, 7) is 0. The maximum atomic E-state index is 6.14. The molecule has 0 atom stereocenters. The van der Waals surface area contributed by atoms with Gasteiger partial charge < -0.3 is 11.1 Å². The van der Waals surface area contributed by atoms with Gasteiger partial charge in [0.25, 0.3) is 0 Å². The molecule has 0 aliphatic heterocycles. The van der Waals surface area contributed by atoms with Crippen molar-refractivity contribution in [1.29, 1.82) is 0 Å². The van der Waals surface area contributed by atoms with E-state index in [0.29, 0.717) is 26.4 Å². The molecule has 0 saturated carbocycles. The van der Waals surface area contributed by atoms with Crippen LogP contribution in [0.5, 0.6) is 0 Å². The number of rotatable bonds is 2. The van der Waals surface area contributed by atoms with Crippen LogP contribution < -0.4 is 11.1 Å². The second kappa shape index (κ2) is 5.30. The van der Waals surface area contributed by atoms with Crippen LogP contribution in [0.15, 0.2) is 29.8 Å². The monoisotopic (exact) mass is 343 g/mol. The van der Waals surface area contributed by atoms with E-state index in [1.54, 1.807) is 29.0 Å². The lowest BCUT2D eigenvalue weighted by Crippen LogP contribution is -1.97. The van der Waals surface area contributed by atoms with E-state index in [9.17, 15) is 0 Å². The van der Waals surface area contributed by atoms with Gasteiger partial charge in [0.15, 0.2) is 0 Å². The van der Waals surface area contributed by atoms with E-state index in [0.717, 1.165) is 15.9 Å². The number of nitrogens with one attached hydrogen (secondary N) is 1. The van der Waals surface area contributed by atoms with Crippen molar-refractivity contribution in [3.8, 4) is 0 Å². The Hall–Kier alpha value is -1.20. The molecule has 2 aromatic carbocycles. The number of hydrogen-bond donors (Lipinski definition) is 2. The Morgan fingerprint density at radius 2 is 1.75 bits per heavy atom. The highest BCUT2D eigenvalue weighted by Gasteiger charge is 2.10. The average molecular weight is 345 g/mol. The van der Waals surface area contributed by atoms with Gasteiger partial charge in [-0.1, -0.05) is 34.8 Å². The van der Waals surface area contributed by atoms with Gasteiger partial charge in [-0.25, -0.2) is 4.98 Å². The summed E-state index contributed by atoms with van der Waals surface area (Å²) in [6, 6.07) is 7.09. The molecule has 1 heterocycles. The number of anilines is 3. The summed E-state index contributed by atoms with van der Waals surface area (Å²) in [5, 5.41) is 4.46. The number of halogens is 3. The summed E-state index contributed by atoms with van der Waals surface area (Å²) in [5.74, 6) is 0. The van der Waals surface area contributed by atoms with Crippen LogP contribution in [0.25, 0.3) is 10.2 Å². The first-order chi connectivity index (χ1) is 9.56. The minimum Gasteiger partial charge on any atom is -0.395 e. The summed E-state index contributed by atoms with van der Waals surface area (Å²) >= 11 is 19.6. The molecule has 1 aromatic heterocycles. The Kier molecular flexibility index (Phi) is 3.65. The summed E-state index contributed by atoms with van der Waals surface area (Å²) in [5.41, 5.74) is 10.6. The number of nitrogens with zero attached hydrogens (tertiary/aromatic N) is 1. The van der Waals surface area contributed by atoms with Crippen molar-refractivity contribution >= 4 is 73.4 Å². The van der Waals surface area contributed by atoms with Crippen molar-refractivity contribution in [3.63, 3.8) is 0 Å². The second-order valence-electron chi connectivity index (χ2n) is 4.10. The largest absolute Gasteiger partial charge is 0.395 e. The number of nitrogens with two attached hydrogens (primary N) is 1. The molecular formula is C13H8Cl3N3S. The number of thiazole rings is 1. The molecule has 20 heavy (non-hydrogen) atoms. The summed E-state index contributed by atoms with van der Waals surface area (Å²) in [4.78, 5) is 4.25. The Balaban J connectivity index is 2.05. The molecule has 3 N–H and O–H groups in total. The highest BCUT2D eigenvalue weighted by Crippen LogP contribution is 2.37. The molecule has 0 amide bonds. The van der Waals surface area contributed by atoms with E-state index in [1.165, 1.54) is 0 Å². The van der Waals surface area contributed by atoms with Gasteiger partial charge in [0.1, 0.15) is 5.52 Å². The molecule has 0 fully saturated rings. The van der Waals surface area contributed by atoms with Crippen LogP contribution in [0.1, 0.15) is 0 Å². The number of nitrogen functional groups attached to an aromatic ring is 1. The lowest BCUT2D eigenvalue weighted by atomic mass is 10.2. The molecule has 0 aliphatic carbocycles. The molecule has 3 nitrogen and oxygen atoms in total. The van der Waals surface area contributed by atoms with E-state index in [-0.39, 0.29) is 0 Å². The van der Waals surface area contributed by atoms with Crippen LogP contribution in [0.2, 0.25) is 15.1 Å². The van der Waals surface area contributed by atoms with E-state index in [4.69, 9.17) is 40.5 Å². The number of aromatic nitrogens is 1. The van der Waals surface area contributed by atoms with Crippen LogP contribution in [-0.2, 0) is 0 Å². The van der Waals surface area contributed by atoms with Crippen molar-refractivity contribution in [3.05, 3.63) is 44.8 Å². The molecule has 0 bridgehead atoms. The number of hydrogen-bond acceptors (Lipinski definition) is 4. The smallest absolute Gasteiger partial charge is 0.106 e. The van der Waals surface area contributed by atoms with E-state index in [2.05, 4.69) is 10.3 Å². The minimum atomic E-state index is 0.408. The fourth-order valence-electron chi connectivity index (χ4n) is 1.82. The maximum absolute atomic E-state index is 6.14. The average Bonchev–Trinajstić information content (AvgIpc) is 2.88. The van der Waals surface area contributed by atoms with Crippen LogP contribution in [-0.4, -0.2) is 4.98 Å². The SMILES string of the molecule is Nc1c(Nc2cc(Cl)c(Cl)cc2Cl)ccc2scnc12. The molecular weight excluding hydrogens is 337 g/mol. The van der Waals surface area contributed by atoms with Gasteiger partial charge in [-0.15, -0.1) is 11.3 Å². The van der Waals surface area contributed by atoms with Gasteiger partial charge in [0, 0.05) is 0 Å². The Labute approximate surface area is 134 Å². The van der Waals surface area contributed by atoms with Crippen LogP contribution in [0, 0.1) is 0 Å². The number of fused-ring (bicyclic) bond motifs is 1. The minimum absolute atomic E-state index is 0.408. The third kappa shape index (κ3) is 2.40. The van der Waals surface area contributed by atoms with Gasteiger partial charge in [-0.2, -0.15) is 0 Å². The molecule has 0 radical (unpaired) electrons. The van der Waals surface area contributed by atoms with Crippen molar-refractivity contribution in [2.75, 3.05) is 11.1 Å². The Morgan fingerprint density at radius 3 is 2.55 bits per heavy atom. The normalized spacial score (nSPS) is 10.9. The standard InChI is InChI=1S/C13H8Cl3N3S/c14-6-3-8(16)10(4-7(6)15)19-9-1-2-11-13(12(9)17)18-5-20-11/h1-5,19H,17H2. The topological polar surface area (TPSA) is 50.9 Å². The zero-order valence-corrected chi connectivity index (χ0v) is 13.0. The lowest BCUT2D eigenvalue weighted by molar-refractivity contribution is 1.49. The Bertz CT molecular complexity index is 801. The van der Waals surface area contributed by atoms with Crippen LogP contribution in [0.3, 0.4) is 0 Å². The van der Waals surface area contributed by atoms with Crippen LogP contribution >= 0.6 is 46.1 Å². The van der Waals surface area contributed by atoms with Crippen molar-refractivity contribution in [2.24, 2.45) is 0 Å². The molecule has 102 valence electrons. The first-order valence-electron chi connectivity index (χ1n) is 5.59. The fraction of sp³-hybridized carbons (Fsp3) is 0. The predicted molar refractivity (Wildman–Crippen MR) is 88.8 cm³/mol. The first kappa shape index (κ1) is 13.8. The zero-order chi connectivity index (χ0) is 14.3. The highest BCUT2D eigenvalue weighted by atomic mass is 35.5. The van der Waals surface area contributed by atoms with E-state index < -0.39 is 0 Å². The molecule has 3 rings (SSSR count). The van der Waals surface area contributed by atoms with Crippen molar-refractivity contribution in [1.82, 2.24) is 4.98 Å². The second-order valence-corrected chi connectivity index (χ2v) is 6.21. The van der Waals surface area contributed by atoms with Gasteiger partial charge in [-0.3, -0.25) is 0 Å². The molecule has 0 spiro atoms. The molecule has 3 aromatic rings. The van der Waals surface area contributed by atoms with Gasteiger partial charge in [0.05, 0.1) is 42.3 Å². The molecule has 0 saturated heterocycles. The molecule has 0 aliphatic rings. The van der Waals surface area contributed by atoms with Crippen molar-refractivity contribution in [2.45, 2.75) is 0 Å². The summed E-state index contributed by atoms with van der Waals surface area (Å²) in [7, 11) is 0. The van der Waals surface area contributed by atoms with E-state index >= 15 is 0 Å². The van der Waals surface area contributed by atoms with Crippen LogP contribution in [0.4, 0.5) is 17.1 Å². The number of benzene rings is 2. The van der Waals surface area contributed by atoms with Crippen molar-refractivity contribution < 1.29 is 0 Å². The quantitative estimate of drug-likeness (QED) is 0.471.